The first kappa shape index (κ1) is 17.4. The van der Waals surface area contributed by atoms with E-state index in [9.17, 15) is 4.79 Å². The molecule has 0 bridgehead atoms. The molecule has 0 aromatic carbocycles. The molecule has 8 heteroatoms. The van der Waals surface area contributed by atoms with Crippen LogP contribution in [0.2, 0.25) is 0 Å². The number of amides is 1. The van der Waals surface area contributed by atoms with E-state index in [0.29, 0.717) is 25.4 Å². The first-order valence-electron chi connectivity index (χ1n) is 8.96. The first-order valence-corrected chi connectivity index (χ1v) is 9.77. The Morgan fingerprint density at radius 1 is 1.19 bits per heavy atom. The van der Waals surface area contributed by atoms with Crippen LogP contribution in [0.3, 0.4) is 0 Å². The van der Waals surface area contributed by atoms with Gasteiger partial charge < -0.3 is 14.5 Å². The van der Waals surface area contributed by atoms with E-state index < -0.39 is 0 Å². The van der Waals surface area contributed by atoms with E-state index in [0.717, 1.165) is 41.8 Å². The maximum absolute atomic E-state index is 12.9. The van der Waals surface area contributed by atoms with Crippen LogP contribution < -0.4 is 4.90 Å². The lowest BCUT2D eigenvalue weighted by atomic mass is 9.89. The first-order chi connectivity index (χ1) is 12.6. The number of thiazole rings is 1. The standard InChI is InChI=1S/C18H23N5O2S/c1-13-15(21-14(2)26-13)16(24)23-10-11-25-18(12-23)4-8-22(9-5-18)17-19-6-3-7-20-17/h3,6-7H,4-5,8-12H2,1-2H3. The van der Waals surface area contributed by atoms with Crippen LogP contribution in [0.4, 0.5) is 5.95 Å². The summed E-state index contributed by atoms with van der Waals surface area (Å²) in [6.07, 6.45) is 5.26. The van der Waals surface area contributed by atoms with Gasteiger partial charge in [0.1, 0.15) is 5.69 Å². The molecule has 1 amide bonds. The topological polar surface area (TPSA) is 71.5 Å². The van der Waals surface area contributed by atoms with Crippen LogP contribution in [-0.4, -0.2) is 64.1 Å². The van der Waals surface area contributed by atoms with Crippen LogP contribution in [0.5, 0.6) is 0 Å². The zero-order valence-corrected chi connectivity index (χ0v) is 16.0. The number of aryl methyl sites for hydroxylation is 2. The third kappa shape index (κ3) is 3.31. The number of piperidine rings is 1. The Morgan fingerprint density at radius 2 is 1.92 bits per heavy atom. The third-order valence-electron chi connectivity index (χ3n) is 5.15. The number of rotatable bonds is 2. The summed E-state index contributed by atoms with van der Waals surface area (Å²) >= 11 is 1.58. The van der Waals surface area contributed by atoms with E-state index in [1.165, 1.54) is 0 Å². The number of nitrogens with zero attached hydrogens (tertiary/aromatic N) is 5. The van der Waals surface area contributed by atoms with Gasteiger partial charge in [0.2, 0.25) is 5.95 Å². The molecule has 0 atom stereocenters. The van der Waals surface area contributed by atoms with Crippen molar-refractivity contribution in [3.8, 4) is 0 Å². The highest BCUT2D eigenvalue weighted by Gasteiger charge is 2.42. The van der Waals surface area contributed by atoms with Crippen molar-refractivity contribution in [2.75, 3.05) is 37.7 Å². The predicted octanol–water partition coefficient (Wildman–Crippen LogP) is 2.06. The molecule has 0 aliphatic carbocycles. The van der Waals surface area contributed by atoms with Gasteiger partial charge >= 0.3 is 0 Å². The van der Waals surface area contributed by atoms with E-state index in [1.807, 2.05) is 24.8 Å². The molecule has 7 nitrogen and oxygen atoms in total. The van der Waals surface area contributed by atoms with Crippen molar-refractivity contribution < 1.29 is 9.53 Å². The van der Waals surface area contributed by atoms with Gasteiger partial charge in [0.25, 0.3) is 5.91 Å². The van der Waals surface area contributed by atoms with Gasteiger partial charge in [-0.3, -0.25) is 4.79 Å². The maximum atomic E-state index is 12.9. The minimum Gasteiger partial charge on any atom is -0.371 e. The van der Waals surface area contributed by atoms with Crippen molar-refractivity contribution in [2.24, 2.45) is 0 Å². The van der Waals surface area contributed by atoms with Crippen LogP contribution in [0, 0.1) is 13.8 Å². The summed E-state index contributed by atoms with van der Waals surface area (Å²) in [6, 6.07) is 1.82. The summed E-state index contributed by atoms with van der Waals surface area (Å²) < 4.78 is 6.16. The van der Waals surface area contributed by atoms with Crippen molar-refractivity contribution in [3.05, 3.63) is 34.0 Å². The van der Waals surface area contributed by atoms with Crippen molar-refractivity contribution in [1.82, 2.24) is 19.9 Å². The van der Waals surface area contributed by atoms with Gasteiger partial charge in [-0.05, 0) is 32.8 Å². The molecular weight excluding hydrogens is 350 g/mol. The molecule has 0 radical (unpaired) electrons. The number of carbonyl (C=O) groups excluding carboxylic acids is 1. The average Bonchev–Trinajstić information content (AvgIpc) is 3.01. The fourth-order valence-electron chi connectivity index (χ4n) is 3.77. The lowest BCUT2D eigenvalue weighted by Crippen LogP contribution is -2.58. The molecule has 4 heterocycles. The van der Waals surface area contributed by atoms with E-state index in [1.54, 1.807) is 23.7 Å². The Hall–Kier alpha value is -2.06. The van der Waals surface area contributed by atoms with E-state index in [4.69, 9.17) is 4.74 Å². The van der Waals surface area contributed by atoms with Crippen molar-refractivity contribution in [2.45, 2.75) is 32.3 Å². The number of hydrogen-bond donors (Lipinski definition) is 0. The smallest absolute Gasteiger partial charge is 0.273 e. The summed E-state index contributed by atoms with van der Waals surface area (Å²) in [7, 11) is 0. The van der Waals surface area contributed by atoms with Gasteiger partial charge in [-0.2, -0.15) is 0 Å². The van der Waals surface area contributed by atoms with Gasteiger partial charge in [-0.25, -0.2) is 15.0 Å². The fourth-order valence-corrected chi connectivity index (χ4v) is 4.58. The Kier molecular flexibility index (Phi) is 4.62. The monoisotopic (exact) mass is 373 g/mol. The SMILES string of the molecule is Cc1nc(C(=O)N2CCOC3(CCN(c4ncccn4)CC3)C2)c(C)s1. The molecule has 2 aliphatic heterocycles. The molecule has 2 aromatic rings. The van der Waals surface area contributed by atoms with Gasteiger partial charge in [-0.1, -0.05) is 0 Å². The van der Waals surface area contributed by atoms with Gasteiger partial charge in [-0.15, -0.1) is 11.3 Å². The Bertz CT molecular complexity index is 786. The zero-order chi connectivity index (χ0) is 18.1. The normalized spacial score (nSPS) is 19.8. The second-order valence-electron chi connectivity index (χ2n) is 6.93. The summed E-state index contributed by atoms with van der Waals surface area (Å²) in [5, 5.41) is 0.935. The van der Waals surface area contributed by atoms with Gasteiger partial charge in [0.05, 0.1) is 23.8 Å². The summed E-state index contributed by atoms with van der Waals surface area (Å²) in [4.78, 5) is 31.1. The number of carbonyl (C=O) groups is 1. The second-order valence-corrected chi connectivity index (χ2v) is 8.34. The second kappa shape index (κ2) is 6.92. The molecular formula is C18H23N5O2S. The largest absolute Gasteiger partial charge is 0.371 e. The van der Waals surface area contributed by atoms with E-state index in [-0.39, 0.29) is 11.5 Å². The molecule has 0 N–H and O–H groups in total. The number of morpholine rings is 1. The highest BCUT2D eigenvalue weighted by atomic mass is 32.1. The third-order valence-corrected chi connectivity index (χ3v) is 6.04. The molecule has 26 heavy (non-hydrogen) atoms. The maximum Gasteiger partial charge on any atom is 0.273 e. The Balaban J connectivity index is 1.44. The molecule has 2 aliphatic rings. The van der Waals surface area contributed by atoms with E-state index in [2.05, 4.69) is 19.9 Å². The lowest BCUT2D eigenvalue weighted by Gasteiger charge is -2.47. The quantitative estimate of drug-likeness (QED) is 0.802. The van der Waals surface area contributed by atoms with Crippen LogP contribution in [0.1, 0.15) is 33.2 Å². The van der Waals surface area contributed by atoms with Crippen LogP contribution in [-0.2, 0) is 4.74 Å². The molecule has 2 aromatic heterocycles. The summed E-state index contributed by atoms with van der Waals surface area (Å²) in [6.45, 7) is 7.41. The van der Waals surface area contributed by atoms with Gasteiger partial charge in [0, 0.05) is 36.9 Å². The highest BCUT2D eigenvalue weighted by molar-refractivity contribution is 7.11. The van der Waals surface area contributed by atoms with Crippen molar-refractivity contribution in [1.29, 1.82) is 0 Å². The van der Waals surface area contributed by atoms with Crippen molar-refractivity contribution in [3.63, 3.8) is 0 Å². The zero-order valence-electron chi connectivity index (χ0n) is 15.1. The summed E-state index contributed by atoms with van der Waals surface area (Å²) in [5.74, 6) is 0.794. The molecule has 0 saturated carbocycles. The number of hydrogen-bond acceptors (Lipinski definition) is 7. The minimum absolute atomic E-state index is 0.0309. The number of aromatic nitrogens is 3. The number of ether oxygens (including phenoxy) is 1. The van der Waals surface area contributed by atoms with E-state index >= 15 is 0 Å². The molecule has 2 fully saturated rings. The molecule has 0 unspecified atom stereocenters. The Morgan fingerprint density at radius 3 is 2.58 bits per heavy atom. The Labute approximate surface area is 157 Å². The summed E-state index contributed by atoms with van der Waals surface area (Å²) in [5.41, 5.74) is 0.331. The number of anilines is 1. The van der Waals surface area contributed by atoms with Crippen LogP contribution >= 0.6 is 11.3 Å². The van der Waals surface area contributed by atoms with Crippen molar-refractivity contribution >= 4 is 23.2 Å². The molecule has 4 rings (SSSR count). The predicted molar refractivity (Wildman–Crippen MR) is 99.7 cm³/mol. The molecule has 138 valence electrons. The fraction of sp³-hybridized carbons (Fsp3) is 0.556. The van der Waals surface area contributed by atoms with Gasteiger partial charge in [0.15, 0.2) is 0 Å². The average molecular weight is 373 g/mol. The minimum atomic E-state index is -0.266. The lowest BCUT2D eigenvalue weighted by molar-refractivity contribution is -0.111. The molecule has 2 saturated heterocycles. The van der Waals surface area contributed by atoms with Crippen LogP contribution in [0.25, 0.3) is 0 Å². The highest BCUT2D eigenvalue weighted by Crippen LogP contribution is 2.32. The molecule has 1 spiro atoms. The van der Waals surface area contributed by atoms with Crippen LogP contribution in [0.15, 0.2) is 18.5 Å².